The number of ether oxygens (including phenoxy) is 1. The molecule has 0 radical (unpaired) electrons. The Morgan fingerprint density at radius 2 is 2.07 bits per heavy atom. The average Bonchev–Trinajstić information content (AvgIpc) is 2.17. The Morgan fingerprint density at radius 1 is 1.43 bits per heavy atom. The van der Waals surface area contributed by atoms with Crippen LogP contribution in [-0.2, 0) is 0 Å². The normalized spacial score (nSPS) is 13.0. The van der Waals surface area contributed by atoms with Gasteiger partial charge in [-0.1, -0.05) is 15.9 Å². The minimum Gasteiger partial charge on any atom is -0.497 e. The van der Waals surface area contributed by atoms with Crippen LogP contribution in [0.3, 0.4) is 0 Å². The predicted octanol–water partition coefficient (Wildman–Crippen LogP) is 2.72. The van der Waals surface area contributed by atoms with Crippen molar-refractivity contribution in [3.8, 4) is 5.75 Å². The van der Waals surface area contributed by atoms with Crippen molar-refractivity contribution in [3.05, 3.63) is 28.2 Å². The summed E-state index contributed by atoms with van der Waals surface area (Å²) < 4.78 is 30.2. The van der Waals surface area contributed by atoms with Crippen molar-refractivity contribution in [3.63, 3.8) is 0 Å². The lowest BCUT2D eigenvalue weighted by Gasteiger charge is -2.13. The second kappa shape index (κ2) is 4.70. The van der Waals surface area contributed by atoms with E-state index in [-0.39, 0.29) is 0 Å². The zero-order chi connectivity index (χ0) is 10.7. The zero-order valence-corrected chi connectivity index (χ0v) is 9.09. The summed E-state index contributed by atoms with van der Waals surface area (Å²) in [6.07, 6.45) is -2.58. The molecule has 78 valence electrons. The van der Waals surface area contributed by atoms with Gasteiger partial charge in [-0.15, -0.1) is 0 Å². The largest absolute Gasteiger partial charge is 0.497 e. The van der Waals surface area contributed by atoms with Crippen LogP contribution in [0.2, 0.25) is 0 Å². The Bertz CT molecular complexity index is 320. The van der Waals surface area contributed by atoms with Crippen molar-refractivity contribution in [2.24, 2.45) is 5.73 Å². The first-order valence-corrected chi connectivity index (χ1v) is 4.72. The average molecular weight is 266 g/mol. The van der Waals surface area contributed by atoms with E-state index in [1.807, 2.05) is 0 Å². The fourth-order valence-electron chi connectivity index (χ4n) is 1.04. The van der Waals surface area contributed by atoms with Crippen molar-refractivity contribution in [1.29, 1.82) is 0 Å². The summed E-state index contributed by atoms with van der Waals surface area (Å²) in [5.41, 5.74) is 5.67. The number of nitrogens with two attached hydrogens (primary N) is 1. The van der Waals surface area contributed by atoms with Gasteiger partial charge < -0.3 is 10.5 Å². The molecular weight excluding hydrogens is 256 g/mol. The molecular formula is C9H10BrF2NO. The molecule has 0 heterocycles. The van der Waals surface area contributed by atoms with Gasteiger partial charge in [-0.3, -0.25) is 0 Å². The van der Waals surface area contributed by atoms with Gasteiger partial charge in [-0.25, -0.2) is 8.78 Å². The van der Waals surface area contributed by atoms with E-state index in [1.165, 1.54) is 13.2 Å². The minimum atomic E-state index is -2.58. The van der Waals surface area contributed by atoms with Crippen LogP contribution in [-0.4, -0.2) is 13.5 Å². The Balaban J connectivity index is 3.05. The molecule has 1 rings (SSSR count). The van der Waals surface area contributed by atoms with Crippen LogP contribution in [0.25, 0.3) is 0 Å². The summed E-state index contributed by atoms with van der Waals surface area (Å²) in [7, 11) is 1.47. The summed E-state index contributed by atoms with van der Waals surface area (Å²) in [5.74, 6) is 0.513. The highest BCUT2D eigenvalue weighted by Gasteiger charge is 2.20. The molecule has 0 aromatic heterocycles. The molecule has 2 nitrogen and oxygen atoms in total. The second-order valence-electron chi connectivity index (χ2n) is 2.75. The molecule has 0 aliphatic carbocycles. The fraction of sp³-hybridized carbons (Fsp3) is 0.333. The summed E-state index contributed by atoms with van der Waals surface area (Å²) in [6, 6.07) is 3.52. The quantitative estimate of drug-likeness (QED) is 0.912. The zero-order valence-electron chi connectivity index (χ0n) is 7.51. The Morgan fingerprint density at radius 3 is 2.57 bits per heavy atom. The highest BCUT2D eigenvalue weighted by molar-refractivity contribution is 9.10. The first-order valence-electron chi connectivity index (χ1n) is 3.93. The number of alkyl halides is 2. The lowest BCUT2D eigenvalue weighted by molar-refractivity contribution is 0.116. The van der Waals surface area contributed by atoms with Crippen LogP contribution < -0.4 is 10.5 Å². The maximum Gasteiger partial charge on any atom is 0.257 e. The molecule has 0 saturated heterocycles. The van der Waals surface area contributed by atoms with Gasteiger partial charge in [0.05, 0.1) is 13.2 Å². The number of hydrogen-bond donors (Lipinski definition) is 1. The second-order valence-corrected chi connectivity index (χ2v) is 3.60. The third-order valence-electron chi connectivity index (χ3n) is 1.83. The van der Waals surface area contributed by atoms with Gasteiger partial charge in [-0.2, -0.15) is 0 Å². The minimum absolute atomic E-state index is 0.347. The maximum absolute atomic E-state index is 12.3. The van der Waals surface area contributed by atoms with Crippen molar-refractivity contribution in [2.75, 3.05) is 7.11 Å². The van der Waals surface area contributed by atoms with Crippen LogP contribution >= 0.6 is 15.9 Å². The van der Waals surface area contributed by atoms with Gasteiger partial charge in [-0.05, 0) is 23.8 Å². The Kier molecular flexibility index (Phi) is 3.83. The third-order valence-corrected chi connectivity index (χ3v) is 2.56. The van der Waals surface area contributed by atoms with E-state index in [9.17, 15) is 8.78 Å². The molecule has 1 aromatic rings. The van der Waals surface area contributed by atoms with Crippen molar-refractivity contribution in [1.82, 2.24) is 0 Å². The fourth-order valence-corrected chi connectivity index (χ4v) is 1.55. The van der Waals surface area contributed by atoms with Crippen molar-refractivity contribution < 1.29 is 13.5 Å². The first-order chi connectivity index (χ1) is 6.56. The van der Waals surface area contributed by atoms with Crippen molar-refractivity contribution in [2.45, 2.75) is 12.5 Å². The molecule has 1 aromatic carbocycles. The SMILES string of the molecule is COc1ccc(Br)c([C@H](N)C(F)F)c1. The van der Waals surface area contributed by atoms with E-state index < -0.39 is 12.5 Å². The standard InChI is InChI=1S/C9H10BrF2NO/c1-14-5-2-3-7(10)6(4-5)8(13)9(11)12/h2-4,8-9H,13H2,1H3/t8-/m0/s1. The lowest BCUT2D eigenvalue weighted by Crippen LogP contribution is -2.19. The molecule has 14 heavy (non-hydrogen) atoms. The topological polar surface area (TPSA) is 35.2 Å². The highest BCUT2D eigenvalue weighted by Crippen LogP contribution is 2.29. The molecule has 1 atom stereocenters. The number of rotatable bonds is 3. The molecule has 0 bridgehead atoms. The van der Waals surface area contributed by atoms with E-state index in [0.717, 1.165) is 0 Å². The molecule has 0 saturated carbocycles. The van der Waals surface area contributed by atoms with Gasteiger partial charge in [0.2, 0.25) is 0 Å². The van der Waals surface area contributed by atoms with Crippen LogP contribution in [0.15, 0.2) is 22.7 Å². The monoisotopic (exact) mass is 265 g/mol. The molecule has 0 amide bonds. The van der Waals surface area contributed by atoms with E-state index >= 15 is 0 Å². The lowest BCUT2D eigenvalue weighted by atomic mass is 10.1. The van der Waals surface area contributed by atoms with E-state index in [4.69, 9.17) is 10.5 Å². The molecule has 0 spiro atoms. The van der Waals surface area contributed by atoms with Crippen LogP contribution in [0.1, 0.15) is 11.6 Å². The van der Waals surface area contributed by atoms with Gasteiger partial charge in [0, 0.05) is 4.47 Å². The van der Waals surface area contributed by atoms with Gasteiger partial charge in [0.15, 0.2) is 0 Å². The van der Waals surface area contributed by atoms with Crippen molar-refractivity contribution >= 4 is 15.9 Å². The van der Waals surface area contributed by atoms with Crippen LogP contribution in [0, 0.1) is 0 Å². The molecule has 5 heteroatoms. The van der Waals surface area contributed by atoms with Gasteiger partial charge in [0.1, 0.15) is 5.75 Å². The molecule has 0 unspecified atom stereocenters. The van der Waals surface area contributed by atoms with Gasteiger partial charge >= 0.3 is 0 Å². The number of hydrogen-bond acceptors (Lipinski definition) is 2. The van der Waals surface area contributed by atoms with E-state index in [2.05, 4.69) is 15.9 Å². The van der Waals surface area contributed by atoms with Crippen LogP contribution in [0.5, 0.6) is 5.75 Å². The summed E-state index contributed by atoms with van der Waals surface area (Å²) in [6.45, 7) is 0. The molecule has 0 fully saturated rings. The molecule has 2 N–H and O–H groups in total. The Labute approximate surface area is 89.2 Å². The number of methoxy groups -OCH3 is 1. The summed E-state index contributed by atoms with van der Waals surface area (Å²) in [4.78, 5) is 0. The van der Waals surface area contributed by atoms with Gasteiger partial charge in [0.25, 0.3) is 6.43 Å². The molecule has 0 aliphatic heterocycles. The van der Waals surface area contributed by atoms with Crippen LogP contribution in [0.4, 0.5) is 8.78 Å². The maximum atomic E-state index is 12.3. The Hall–Kier alpha value is -0.680. The van der Waals surface area contributed by atoms with E-state index in [0.29, 0.717) is 15.8 Å². The first kappa shape index (κ1) is 11.4. The molecule has 0 aliphatic rings. The predicted molar refractivity (Wildman–Crippen MR) is 53.6 cm³/mol. The van der Waals surface area contributed by atoms with E-state index in [1.54, 1.807) is 12.1 Å². The summed E-state index contributed by atoms with van der Waals surface area (Å²) >= 11 is 3.16. The third kappa shape index (κ3) is 2.42. The highest BCUT2D eigenvalue weighted by atomic mass is 79.9. The number of halogens is 3. The number of benzene rings is 1. The smallest absolute Gasteiger partial charge is 0.257 e. The summed E-state index contributed by atoms with van der Waals surface area (Å²) in [5, 5.41) is 0.